The highest BCUT2D eigenvalue weighted by Gasteiger charge is 2.68. The van der Waals surface area contributed by atoms with E-state index in [0.29, 0.717) is 11.5 Å². The molecule has 1 saturated heterocycles. The number of hydrogen-bond acceptors (Lipinski definition) is 2. The summed E-state index contributed by atoms with van der Waals surface area (Å²) in [4.78, 5) is 0. The highest BCUT2D eigenvalue weighted by atomic mass is 32.2. The topological polar surface area (TPSA) is 26.3 Å². The third-order valence-corrected chi connectivity index (χ3v) is 6.15. The zero-order chi connectivity index (χ0) is 9.27. The molecule has 2 aliphatic carbocycles. The number of rotatable bonds is 0. The maximum absolute atomic E-state index is 11.4. The Morgan fingerprint density at radius 2 is 2.23 bits per heavy atom. The highest BCUT2D eigenvalue weighted by molar-refractivity contribution is 7.80. The first-order valence-electron chi connectivity index (χ1n) is 5.12. The Labute approximate surface area is 81.7 Å². The molecule has 1 unspecified atom stereocenters. The second-order valence-corrected chi connectivity index (χ2v) is 6.47. The minimum Gasteiger partial charge on any atom is -0.287 e. The number of fused-ring (bicyclic) bond motifs is 1. The molecule has 3 fully saturated rings. The molecular weight excluding hydrogens is 184 g/mol. The van der Waals surface area contributed by atoms with Gasteiger partial charge in [0.15, 0.2) is 11.1 Å². The molecule has 3 heteroatoms. The van der Waals surface area contributed by atoms with Gasteiger partial charge >= 0.3 is 0 Å². The summed E-state index contributed by atoms with van der Waals surface area (Å²) >= 11 is -0.991. The summed E-state index contributed by atoms with van der Waals surface area (Å²) in [5.74, 6) is 1.61. The van der Waals surface area contributed by atoms with Crippen LogP contribution in [0.4, 0.5) is 0 Å². The lowest BCUT2D eigenvalue weighted by atomic mass is 9.70. The van der Waals surface area contributed by atoms with E-state index in [0.717, 1.165) is 18.1 Å². The highest BCUT2D eigenvalue weighted by Crippen LogP contribution is 2.68. The van der Waals surface area contributed by atoms with E-state index < -0.39 is 11.1 Å². The summed E-state index contributed by atoms with van der Waals surface area (Å²) in [6.07, 6.45) is 4.02. The van der Waals surface area contributed by atoms with Gasteiger partial charge in [0.2, 0.25) is 0 Å². The molecule has 2 nitrogen and oxygen atoms in total. The molecule has 1 heterocycles. The molecular formula is C10H16O2S. The lowest BCUT2D eigenvalue weighted by molar-refractivity contribution is 0.0730. The SMILES string of the molecule is CC1(C)[C@@H]2CC[C@]13CS(=O)O[C@@H]3C2. The van der Waals surface area contributed by atoms with E-state index in [4.69, 9.17) is 4.18 Å². The first-order chi connectivity index (χ1) is 6.06. The van der Waals surface area contributed by atoms with Crippen LogP contribution in [0.5, 0.6) is 0 Å². The molecule has 3 aliphatic rings. The Bertz CT molecular complexity index is 287. The molecule has 2 bridgehead atoms. The predicted octanol–water partition coefficient (Wildman–Crippen LogP) is 1.88. The quantitative estimate of drug-likeness (QED) is 0.597. The van der Waals surface area contributed by atoms with Gasteiger partial charge in [0.1, 0.15) is 0 Å². The molecule has 1 aliphatic heterocycles. The van der Waals surface area contributed by atoms with E-state index in [9.17, 15) is 4.21 Å². The van der Waals surface area contributed by atoms with Crippen LogP contribution in [0.1, 0.15) is 33.1 Å². The van der Waals surface area contributed by atoms with Gasteiger partial charge < -0.3 is 0 Å². The summed E-state index contributed by atoms with van der Waals surface area (Å²) in [5.41, 5.74) is 0.631. The van der Waals surface area contributed by atoms with Crippen LogP contribution in [0.25, 0.3) is 0 Å². The van der Waals surface area contributed by atoms with E-state index in [2.05, 4.69) is 13.8 Å². The third-order valence-electron chi connectivity index (χ3n) is 4.96. The van der Waals surface area contributed by atoms with Gasteiger partial charge in [-0.2, -0.15) is 0 Å². The van der Waals surface area contributed by atoms with Crippen LogP contribution in [0.2, 0.25) is 0 Å². The Kier molecular flexibility index (Phi) is 1.42. The lowest BCUT2D eigenvalue weighted by Gasteiger charge is -2.35. The molecule has 0 N–H and O–H groups in total. The van der Waals surface area contributed by atoms with Crippen LogP contribution in [-0.2, 0) is 15.3 Å². The minimum absolute atomic E-state index is 0.266. The summed E-state index contributed by atoms with van der Waals surface area (Å²) < 4.78 is 16.9. The van der Waals surface area contributed by atoms with E-state index in [-0.39, 0.29) is 5.41 Å². The van der Waals surface area contributed by atoms with Crippen molar-refractivity contribution in [2.75, 3.05) is 5.75 Å². The van der Waals surface area contributed by atoms with Gasteiger partial charge in [-0.25, -0.2) is 4.21 Å². The van der Waals surface area contributed by atoms with Gasteiger partial charge in [0.25, 0.3) is 0 Å². The van der Waals surface area contributed by atoms with Crippen molar-refractivity contribution in [3.63, 3.8) is 0 Å². The summed E-state index contributed by atoms with van der Waals surface area (Å²) in [6, 6.07) is 0. The zero-order valence-electron chi connectivity index (χ0n) is 8.21. The summed E-state index contributed by atoms with van der Waals surface area (Å²) in [5, 5.41) is 0. The molecule has 0 amide bonds. The Morgan fingerprint density at radius 3 is 2.85 bits per heavy atom. The monoisotopic (exact) mass is 200 g/mol. The van der Waals surface area contributed by atoms with Crippen molar-refractivity contribution in [2.45, 2.75) is 39.2 Å². The van der Waals surface area contributed by atoms with Crippen molar-refractivity contribution in [1.82, 2.24) is 0 Å². The van der Waals surface area contributed by atoms with Crippen LogP contribution < -0.4 is 0 Å². The van der Waals surface area contributed by atoms with Gasteiger partial charge in [-0.15, -0.1) is 0 Å². The molecule has 0 aromatic carbocycles. The first-order valence-corrected chi connectivity index (χ1v) is 6.36. The van der Waals surface area contributed by atoms with Gasteiger partial charge in [-0.05, 0) is 30.6 Å². The van der Waals surface area contributed by atoms with Crippen molar-refractivity contribution in [3.05, 3.63) is 0 Å². The van der Waals surface area contributed by atoms with Gasteiger partial charge in [-0.3, -0.25) is 4.18 Å². The fourth-order valence-corrected chi connectivity index (χ4v) is 5.56. The van der Waals surface area contributed by atoms with Gasteiger partial charge in [0.05, 0.1) is 11.9 Å². The Morgan fingerprint density at radius 1 is 1.46 bits per heavy atom. The maximum Gasteiger partial charge on any atom is 0.156 e. The smallest absolute Gasteiger partial charge is 0.156 e. The molecule has 2 saturated carbocycles. The molecule has 0 radical (unpaired) electrons. The van der Waals surface area contributed by atoms with Crippen molar-refractivity contribution >= 4 is 11.1 Å². The summed E-state index contributed by atoms with van der Waals surface area (Å²) in [6.45, 7) is 4.69. The molecule has 4 atom stereocenters. The molecule has 3 rings (SSSR count). The second kappa shape index (κ2) is 2.19. The van der Waals surface area contributed by atoms with E-state index in [1.807, 2.05) is 0 Å². The normalized spacial score (nSPS) is 56.9. The minimum atomic E-state index is -0.991. The van der Waals surface area contributed by atoms with Crippen LogP contribution in [-0.4, -0.2) is 16.1 Å². The largest absolute Gasteiger partial charge is 0.287 e. The van der Waals surface area contributed by atoms with Crippen molar-refractivity contribution in [1.29, 1.82) is 0 Å². The molecule has 0 aromatic heterocycles. The van der Waals surface area contributed by atoms with E-state index >= 15 is 0 Å². The van der Waals surface area contributed by atoms with Crippen molar-refractivity contribution < 1.29 is 8.39 Å². The first kappa shape index (κ1) is 8.42. The standard InChI is InChI=1S/C10H16O2S/c1-9(2)7-3-4-10(9)6-13(11)12-8(10)5-7/h7-8H,3-6H2,1-2H3/t7-,8-,10-,13?/m1/s1. The van der Waals surface area contributed by atoms with E-state index in [1.165, 1.54) is 12.8 Å². The van der Waals surface area contributed by atoms with Crippen LogP contribution >= 0.6 is 0 Å². The maximum atomic E-state index is 11.4. The Balaban J connectivity index is 2.09. The van der Waals surface area contributed by atoms with Gasteiger partial charge in [0, 0.05) is 5.41 Å². The average molecular weight is 200 g/mol. The fraction of sp³-hybridized carbons (Fsp3) is 1.00. The predicted molar refractivity (Wildman–Crippen MR) is 51.4 cm³/mol. The van der Waals surface area contributed by atoms with E-state index in [1.54, 1.807) is 0 Å². The Hall–Kier alpha value is 0.110. The second-order valence-electron chi connectivity index (χ2n) is 5.38. The van der Waals surface area contributed by atoms with Crippen LogP contribution in [0.15, 0.2) is 0 Å². The molecule has 1 spiro atoms. The lowest BCUT2D eigenvalue weighted by Crippen LogP contribution is -2.37. The third kappa shape index (κ3) is 0.769. The summed E-state index contributed by atoms with van der Waals surface area (Å²) in [7, 11) is 0. The number of hydrogen-bond donors (Lipinski definition) is 0. The zero-order valence-corrected chi connectivity index (χ0v) is 9.02. The van der Waals surface area contributed by atoms with Gasteiger partial charge in [-0.1, -0.05) is 13.8 Å². The molecule has 74 valence electrons. The van der Waals surface area contributed by atoms with Crippen molar-refractivity contribution in [2.24, 2.45) is 16.7 Å². The molecule has 0 aromatic rings. The van der Waals surface area contributed by atoms with Crippen LogP contribution in [0.3, 0.4) is 0 Å². The fourth-order valence-electron chi connectivity index (χ4n) is 3.85. The average Bonchev–Trinajstić information content (AvgIpc) is 2.55. The van der Waals surface area contributed by atoms with Crippen LogP contribution in [0, 0.1) is 16.7 Å². The van der Waals surface area contributed by atoms with Crippen molar-refractivity contribution in [3.8, 4) is 0 Å². The molecule has 13 heavy (non-hydrogen) atoms.